The second-order valence-corrected chi connectivity index (χ2v) is 4.43. The summed E-state index contributed by atoms with van der Waals surface area (Å²) in [6.45, 7) is 1.86. The molecule has 0 bridgehead atoms. The summed E-state index contributed by atoms with van der Waals surface area (Å²) in [6, 6.07) is 10.6. The summed E-state index contributed by atoms with van der Waals surface area (Å²) in [5, 5.41) is 0. The van der Waals surface area contributed by atoms with Crippen molar-refractivity contribution < 1.29 is 8.78 Å². The van der Waals surface area contributed by atoms with Crippen molar-refractivity contribution in [1.29, 1.82) is 0 Å². The van der Waals surface area contributed by atoms with E-state index in [1.54, 1.807) is 18.2 Å². The molecule has 0 saturated carbocycles. The Balaban J connectivity index is 2.15. The van der Waals surface area contributed by atoms with Gasteiger partial charge in [-0.2, -0.15) is 0 Å². The second kappa shape index (κ2) is 5.27. The molecule has 0 saturated heterocycles. The Kier molecular flexibility index (Phi) is 3.72. The molecule has 0 fully saturated rings. The molecule has 0 radical (unpaired) electrons. The van der Waals surface area contributed by atoms with Crippen molar-refractivity contribution in [3.8, 4) is 0 Å². The Bertz CT molecular complexity index is 535. The third-order valence-corrected chi connectivity index (χ3v) is 3.04. The van der Waals surface area contributed by atoms with Crippen LogP contribution in [0, 0.1) is 18.6 Å². The molecule has 0 aromatic heterocycles. The summed E-state index contributed by atoms with van der Waals surface area (Å²) in [6.07, 6.45) is 0.609. The van der Waals surface area contributed by atoms with Crippen LogP contribution in [0.15, 0.2) is 42.5 Å². The van der Waals surface area contributed by atoms with Crippen LogP contribution in [-0.4, -0.2) is 0 Å². The van der Waals surface area contributed by atoms with Gasteiger partial charge in [-0.1, -0.05) is 18.2 Å². The molecule has 1 unspecified atom stereocenters. The van der Waals surface area contributed by atoms with Crippen molar-refractivity contribution in [2.24, 2.45) is 5.73 Å². The number of rotatable bonds is 3. The van der Waals surface area contributed by atoms with E-state index in [4.69, 9.17) is 5.73 Å². The lowest BCUT2D eigenvalue weighted by Crippen LogP contribution is -2.14. The largest absolute Gasteiger partial charge is 0.324 e. The van der Waals surface area contributed by atoms with Crippen molar-refractivity contribution in [1.82, 2.24) is 0 Å². The molecule has 1 nitrogen and oxygen atoms in total. The molecular formula is C15H15F2N. The van der Waals surface area contributed by atoms with Crippen molar-refractivity contribution in [3.63, 3.8) is 0 Å². The third-order valence-electron chi connectivity index (χ3n) is 3.04. The molecule has 2 N–H and O–H groups in total. The van der Waals surface area contributed by atoms with E-state index in [0.717, 1.165) is 16.7 Å². The molecule has 2 aromatic carbocycles. The lowest BCUT2D eigenvalue weighted by Gasteiger charge is -2.14. The first-order valence-corrected chi connectivity index (χ1v) is 5.82. The van der Waals surface area contributed by atoms with Crippen LogP contribution in [-0.2, 0) is 6.42 Å². The zero-order chi connectivity index (χ0) is 13.1. The van der Waals surface area contributed by atoms with Gasteiger partial charge in [0.2, 0.25) is 0 Å². The Hall–Kier alpha value is -1.74. The van der Waals surface area contributed by atoms with Crippen LogP contribution >= 0.6 is 0 Å². The van der Waals surface area contributed by atoms with E-state index in [1.165, 1.54) is 24.3 Å². The maximum absolute atomic E-state index is 13.0. The molecule has 2 aromatic rings. The average Bonchev–Trinajstić information content (AvgIpc) is 2.33. The average molecular weight is 247 g/mol. The molecule has 0 aliphatic carbocycles. The van der Waals surface area contributed by atoms with Gasteiger partial charge >= 0.3 is 0 Å². The quantitative estimate of drug-likeness (QED) is 0.882. The Morgan fingerprint density at radius 1 is 1.00 bits per heavy atom. The fraction of sp³-hybridized carbons (Fsp3) is 0.200. The van der Waals surface area contributed by atoms with E-state index in [2.05, 4.69) is 0 Å². The Labute approximate surface area is 105 Å². The van der Waals surface area contributed by atoms with E-state index in [9.17, 15) is 8.78 Å². The summed E-state index contributed by atoms with van der Waals surface area (Å²) in [7, 11) is 0. The van der Waals surface area contributed by atoms with Crippen LogP contribution in [0.3, 0.4) is 0 Å². The highest BCUT2D eigenvalue weighted by Crippen LogP contribution is 2.19. The van der Waals surface area contributed by atoms with E-state index in [1.807, 2.05) is 6.92 Å². The standard InChI is InChI=1S/C15H15F2N/c1-10-8-14(17)7-4-12(10)9-15(18)11-2-5-13(16)6-3-11/h2-8,15H,9,18H2,1H3. The minimum absolute atomic E-state index is 0.213. The summed E-state index contributed by atoms with van der Waals surface area (Å²) in [5.41, 5.74) is 8.83. The van der Waals surface area contributed by atoms with Crippen LogP contribution in [0.1, 0.15) is 22.7 Å². The predicted molar refractivity (Wildman–Crippen MR) is 68.2 cm³/mol. The van der Waals surface area contributed by atoms with Gasteiger partial charge in [0, 0.05) is 6.04 Å². The zero-order valence-electron chi connectivity index (χ0n) is 10.2. The summed E-state index contributed by atoms with van der Waals surface area (Å²) in [4.78, 5) is 0. The van der Waals surface area contributed by atoms with Crippen molar-refractivity contribution in [2.45, 2.75) is 19.4 Å². The third kappa shape index (κ3) is 2.93. The minimum Gasteiger partial charge on any atom is -0.324 e. The SMILES string of the molecule is Cc1cc(F)ccc1CC(N)c1ccc(F)cc1. The van der Waals surface area contributed by atoms with Gasteiger partial charge in [0.15, 0.2) is 0 Å². The highest BCUT2D eigenvalue weighted by Gasteiger charge is 2.09. The zero-order valence-corrected chi connectivity index (χ0v) is 10.2. The Morgan fingerprint density at radius 2 is 1.61 bits per heavy atom. The lowest BCUT2D eigenvalue weighted by atomic mass is 9.97. The summed E-state index contributed by atoms with van der Waals surface area (Å²) < 4.78 is 25.8. The smallest absolute Gasteiger partial charge is 0.123 e. The van der Waals surface area contributed by atoms with Gasteiger partial charge in [0.05, 0.1) is 0 Å². The van der Waals surface area contributed by atoms with Gasteiger partial charge in [-0.3, -0.25) is 0 Å². The normalized spacial score (nSPS) is 12.4. The van der Waals surface area contributed by atoms with Crippen LogP contribution in [0.5, 0.6) is 0 Å². The van der Waals surface area contributed by atoms with Crippen molar-refractivity contribution >= 4 is 0 Å². The van der Waals surface area contributed by atoms with Gasteiger partial charge < -0.3 is 5.73 Å². The Morgan fingerprint density at radius 3 is 2.22 bits per heavy atom. The molecule has 3 heteroatoms. The van der Waals surface area contributed by atoms with Crippen molar-refractivity contribution in [2.75, 3.05) is 0 Å². The minimum atomic E-state index is -0.274. The monoisotopic (exact) mass is 247 g/mol. The number of aryl methyl sites for hydroxylation is 1. The number of nitrogens with two attached hydrogens (primary N) is 1. The summed E-state index contributed by atoms with van der Waals surface area (Å²) in [5.74, 6) is -0.518. The molecule has 18 heavy (non-hydrogen) atoms. The van der Waals surface area contributed by atoms with Crippen LogP contribution in [0.25, 0.3) is 0 Å². The highest BCUT2D eigenvalue weighted by molar-refractivity contribution is 5.29. The van der Waals surface area contributed by atoms with Gasteiger partial charge in [0.1, 0.15) is 11.6 Å². The van der Waals surface area contributed by atoms with E-state index in [0.29, 0.717) is 6.42 Å². The molecule has 0 amide bonds. The second-order valence-electron chi connectivity index (χ2n) is 4.43. The topological polar surface area (TPSA) is 26.0 Å². The first kappa shape index (κ1) is 12.7. The number of hydrogen-bond donors (Lipinski definition) is 1. The van der Waals surface area contributed by atoms with Gasteiger partial charge in [-0.25, -0.2) is 8.78 Å². The fourth-order valence-corrected chi connectivity index (χ4v) is 1.95. The first-order valence-electron chi connectivity index (χ1n) is 5.82. The van der Waals surface area contributed by atoms with Gasteiger partial charge in [-0.15, -0.1) is 0 Å². The highest BCUT2D eigenvalue weighted by atomic mass is 19.1. The number of halogens is 2. The summed E-state index contributed by atoms with van der Waals surface area (Å²) >= 11 is 0. The molecule has 0 heterocycles. The van der Waals surface area contributed by atoms with Crippen LogP contribution in [0.4, 0.5) is 8.78 Å². The number of benzene rings is 2. The molecule has 94 valence electrons. The molecule has 1 atom stereocenters. The molecule has 0 aliphatic rings. The van der Waals surface area contributed by atoms with Crippen LogP contribution < -0.4 is 5.73 Å². The van der Waals surface area contributed by atoms with E-state index >= 15 is 0 Å². The molecule has 0 aliphatic heterocycles. The number of hydrogen-bond acceptors (Lipinski definition) is 1. The van der Waals surface area contributed by atoms with E-state index in [-0.39, 0.29) is 17.7 Å². The lowest BCUT2D eigenvalue weighted by molar-refractivity contribution is 0.621. The molecular weight excluding hydrogens is 232 g/mol. The van der Waals surface area contributed by atoms with Gasteiger partial charge in [0.25, 0.3) is 0 Å². The maximum atomic E-state index is 13.0. The molecule has 2 rings (SSSR count). The van der Waals surface area contributed by atoms with Crippen LogP contribution in [0.2, 0.25) is 0 Å². The fourth-order valence-electron chi connectivity index (χ4n) is 1.95. The van der Waals surface area contributed by atoms with Gasteiger partial charge in [-0.05, 0) is 54.3 Å². The first-order chi connectivity index (χ1) is 8.56. The predicted octanol–water partition coefficient (Wildman–Crippen LogP) is 3.52. The van der Waals surface area contributed by atoms with Crippen molar-refractivity contribution in [3.05, 3.63) is 70.8 Å². The maximum Gasteiger partial charge on any atom is 0.123 e. The van der Waals surface area contributed by atoms with E-state index < -0.39 is 0 Å². The molecule has 0 spiro atoms.